The van der Waals surface area contributed by atoms with Gasteiger partial charge in [0.25, 0.3) is 0 Å². The summed E-state index contributed by atoms with van der Waals surface area (Å²) in [5.41, 5.74) is 0.983. The molecular weight excluding hydrogens is 458 g/mol. The molecule has 0 saturated heterocycles. The van der Waals surface area contributed by atoms with Crippen LogP contribution in [-0.4, -0.2) is 64.7 Å². The minimum atomic E-state index is -3.89. The van der Waals surface area contributed by atoms with Crippen molar-refractivity contribution in [1.29, 1.82) is 0 Å². The first-order chi connectivity index (χ1) is 16.1. The van der Waals surface area contributed by atoms with Crippen molar-refractivity contribution in [3.63, 3.8) is 0 Å². The highest BCUT2D eigenvalue weighted by molar-refractivity contribution is 7.92. The molecular formula is C24H33N3O6S. The van der Waals surface area contributed by atoms with E-state index in [1.807, 2.05) is 37.3 Å². The van der Waals surface area contributed by atoms with E-state index in [1.54, 1.807) is 19.1 Å². The molecule has 1 atom stereocenters. The zero-order chi connectivity index (χ0) is 25.3. The van der Waals surface area contributed by atoms with Crippen LogP contribution >= 0.6 is 0 Å². The molecule has 0 aliphatic heterocycles. The van der Waals surface area contributed by atoms with E-state index in [-0.39, 0.29) is 23.9 Å². The van der Waals surface area contributed by atoms with Crippen molar-refractivity contribution in [3.8, 4) is 11.5 Å². The van der Waals surface area contributed by atoms with Crippen LogP contribution < -0.4 is 19.1 Å². The second-order valence-electron chi connectivity index (χ2n) is 7.78. The fourth-order valence-electron chi connectivity index (χ4n) is 3.35. The van der Waals surface area contributed by atoms with Crippen LogP contribution in [0, 0.1) is 0 Å². The number of amides is 2. The molecule has 2 aromatic rings. The van der Waals surface area contributed by atoms with E-state index in [0.29, 0.717) is 12.3 Å². The molecule has 10 heteroatoms. The Balaban J connectivity index is 2.44. The Labute approximate surface area is 201 Å². The summed E-state index contributed by atoms with van der Waals surface area (Å²) in [6.07, 6.45) is 1.76. The smallest absolute Gasteiger partial charge is 0.244 e. The molecule has 1 N–H and O–H groups in total. The molecule has 9 nitrogen and oxygen atoms in total. The number of benzene rings is 2. The third-order valence-electron chi connectivity index (χ3n) is 5.25. The maximum atomic E-state index is 13.5. The topological polar surface area (TPSA) is 105 Å². The average Bonchev–Trinajstić information content (AvgIpc) is 2.83. The number of nitrogens with one attached hydrogen (secondary N) is 1. The second kappa shape index (κ2) is 12.3. The number of carbonyl (C=O) groups is 2. The average molecular weight is 492 g/mol. The summed E-state index contributed by atoms with van der Waals surface area (Å²) in [6.45, 7) is 3.67. The Bertz CT molecular complexity index is 1080. The van der Waals surface area contributed by atoms with Gasteiger partial charge < -0.3 is 19.7 Å². The van der Waals surface area contributed by atoms with Crippen molar-refractivity contribution in [2.24, 2.45) is 0 Å². The summed E-state index contributed by atoms with van der Waals surface area (Å²) in [5.74, 6) is -0.165. The highest BCUT2D eigenvalue weighted by atomic mass is 32.2. The molecule has 0 saturated carbocycles. The number of anilines is 1. The molecule has 0 aromatic heterocycles. The number of ether oxygens (including phenoxy) is 2. The first-order valence-electron chi connectivity index (χ1n) is 10.9. The van der Waals surface area contributed by atoms with E-state index in [0.717, 1.165) is 22.5 Å². The van der Waals surface area contributed by atoms with Crippen molar-refractivity contribution in [3.05, 3.63) is 54.1 Å². The Morgan fingerprint density at radius 3 is 2.29 bits per heavy atom. The minimum absolute atomic E-state index is 0.146. The number of sulfonamides is 1. The van der Waals surface area contributed by atoms with E-state index < -0.39 is 28.5 Å². The van der Waals surface area contributed by atoms with Crippen LogP contribution in [-0.2, 0) is 26.2 Å². The zero-order valence-corrected chi connectivity index (χ0v) is 21.1. The Morgan fingerprint density at radius 2 is 1.74 bits per heavy atom. The minimum Gasteiger partial charge on any atom is -0.497 e. The molecule has 0 radical (unpaired) electrons. The summed E-state index contributed by atoms with van der Waals surface area (Å²) in [7, 11) is -1.02. The molecule has 2 rings (SSSR count). The molecule has 2 aromatic carbocycles. The van der Waals surface area contributed by atoms with Gasteiger partial charge in [0.1, 0.15) is 24.1 Å². The van der Waals surface area contributed by atoms with Gasteiger partial charge in [-0.05, 0) is 31.0 Å². The van der Waals surface area contributed by atoms with E-state index >= 15 is 0 Å². The van der Waals surface area contributed by atoms with Gasteiger partial charge in [-0.2, -0.15) is 0 Å². The molecule has 0 unspecified atom stereocenters. The van der Waals surface area contributed by atoms with Crippen LogP contribution in [0.1, 0.15) is 25.8 Å². The maximum Gasteiger partial charge on any atom is 0.244 e. The molecule has 0 aliphatic carbocycles. The van der Waals surface area contributed by atoms with Crippen molar-refractivity contribution in [2.45, 2.75) is 32.9 Å². The summed E-state index contributed by atoms with van der Waals surface area (Å²) < 4.78 is 37.0. The molecule has 0 heterocycles. The third-order valence-corrected chi connectivity index (χ3v) is 6.37. The van der Waals surface area contributed by atoms with Gasteiger partial charge in [-0.15, -0.1) is 0 Å². The van der Waals surface area contributed by atoms with Crippen LogP contribution in [0.5, 0.6) is 11.5 Å². The van der Waals surface area contributed by atoms with Gasteiger partial charge in [0, 0.05) is 19.2 Å². The standard InChI is InChI=1S/C24H33N3O6S/c1-6-14-25-24(29)18(2)26(16-19-10-8-7-9-11-19)23(28)17-27(34(5,30)31)21-15-20(32-3)12-13-22(21)33-4/h7-13,15,18H,6,14,16-17H2,1-5H3,(H,25,29)/t18-/m1/s1. The zero-order valence-electron chi connectivity index (χ0n) is 20.3. The quantitative estimate of drug-likeness (QED) is 0.489. The maximum absolute atomic E-state index is 13.5. The van der Waals surface area contributed by atoms with E-state index in [9.17, 15) is 18.0 Å². The van der Waals surface area contributed by atoms with E-state index in [1.165, 1.54) is 25.2 Å². The summed E-state index contributed by atoms with van der Waals surface area (Å²) in [4.78, 5) is 27.6. The van der Waals surface area contributed by atoms with Gasteiger partial charge in [-0.25, -0.2) is 8.42 Å². The van der Waals surface area contributed by atoms with Crippen molar-refractivity contribution < 1.29 is 27.5 Å². The summed E-state index contributed by atoms with van der Waals surface area (Å²) >= 11 is 0. The first kappa shape index (κ1) is 27.0. The van der Waals surface area contributed by atoms with Crippen LogP contribution in [0.15, 0.2) is 48.5 Å². The monoisotopic (exact) mass is 491 g/mol. The number of nitrogens with zero attached hydrogens (tertiary/aromatic N) is 2. The number of rotatable bonds is 12. The fourth-order valence-corrected chi connectivity index (χ4v) is 4.19. The van der Waals surface area contributed by atoms with Gasteiger partial charge in [-0.3, -0.25) is 13.9 Å². The fraction of sp³-hybridized carbons (Fsp3) is 0.417. The Morgan fingerprint density at radius 1 is 1.06 bits per heavy atom. The predicted molar refractivity (Wildman–Crippen MR) is 131 cm³/mol. The van der Waals surface area contributed by atoms with Crippen LogP contribution in [0.2, 0.25) is 0 Å². The Kier molecular flexibility index (Phi) is 9.73. The highest BCUT2D eigenvalue weighted by Gasteiger charge is 2.31. The van der Waals surface area contributed by atoms with Gasteiger partial charge in [0.2, 0.25) is 21.8 Å². The highest BCUT2D eigenvalue weighted by Crippen LogP contribution is 2.33. The summed E-state index contributed by atoms with van der Waals surface area (Å²) in [5, 5.41) is 2.80. The molecule has 186 valence electrons. The lowest BCUT2D eigenvalue weighted by atomic mass is 10.1. The van der Waals surface area contributed by atoms with Gasteiger partial charge >= 0.3 is 0 Å². The normalized spacial score (nSPS) is 11.9. The molecule has 0 fully saturated rings. The van der Waals surface area contributed by atoms with Gasteiger partial charge in [0.05, 0.1) is 26.2 Å². The Hall–Kier alpha value is -3.27. The number of hydrogen-bond acceptors (Lipinski definition) is 6. The van der Waals surface area contributed by atoms with Gasteiger partial charge in [-0.1, -0.05) is 37.3 Å². The SMILES string of the molecule is CCCNC(=O)[C@@H](C)N(Cc1ccccc1)C(=O)CN(c1cc(OC)ccc1OC)S(C)(=O)=O. The molecule has 0 spiro atoms. The number of hydrogen-bond donors (Lipinski definition) is 1. The van der Waals surface area contributed by atoms with Crippen molar-refractivity contribution in [1.82, 2.24) is 10.2 Å². The van der Waals surface area contributed by atoms with Crippen LogP contribution in [0.25, 0.3) is 0 Å². The lowest BCUT2D eigenvalue weighted by Crippen LogP contribution is -2.51. The third kappa shape index (κ3) is 7.11. The number of methoxy groups -OCH3 is 2. The summed E-state index contributed by atoms with van der Waals surface area (Å²) in [6, 6.07) is 13.1. The molecule has 0 bridgehead atoms. The lowest BCUT2D eigenvalue weighted by Gasteiger charge is -2.32. The van der Waals surface area contributed by atoms with Crippen LogP contribution in [0.4, 0.5) is 5.69 Å². The van der Waals surface area contributed by atoms with E-state index in [2.05, 4.69) is 5.32 Å². The van der Waals surface area contributed by atoms with Crippen molar-refractivity contribution >= 4 is 27.5 Å². The van der Waals surface area contributed by atoms with Crippen molar-refractivity contribution in [2.75, 3.05) is 37.9 Å². The predicted octanol–water partition coefficient (Wildman–Crippen LogP) is 2.41. The first-order valence-corrected chi connectivity index (χ1v) is 12.8. The largest absolute Gasteiger partial charge is 0.497 e. The van der Waals surface area contributed by atoms with E-state index in [4.69, 9.17) is 9.47 Å². The molecule has 2 amide bonds. The molecule has 0 aliphatic rings. The number of carbonyl (C=O) groups excluding carboxylic acids is 2. The van der Waals surface area contributed by atoms with Crippen LogP contribution in [0.3, 0.4) is 0 Å². The molecule has 34 heavy (non-hydrogen) atoms. The second-order valence-corrected chi connectivity index (χ2v) is 9.69. The lowest BCUT2D eigenvalue weighted by molar-refractivity contribution is -0.139. The van der Waals surface area contributed by atoms with Gasteiger partial charge in [0.15, 0.2) is 0 Å².